The minimum atomic E-state index is -1.11. The van der Waals surface area contributed by atoms with E-state index in [9.17, 15) is 14.7 Å². The molecule has 2 aromatic rings. The number of amides is 1. The molecule has 24 heavy (non-hydrogen) atoms. The second kappa shape index (κ2) is 5.82. The molecule has 1 amide bonds. The molecule has 5 heteroatoms. The van der Waals surface area contributed by atoms with Crippen LogP contribution in [-0.4, -0.2) is 17.0 Å². The van der Waals surface area contributed by atoms with Crippen molar-refractivity contribution >= 4 is 11.9 Å². The first kappa shape index (κ1) is 16.3. The van der Waals surface area contributed by atoms with Gasteiger partial charge >= 0.3 is 5.97 Å². The molecule has 0 bridgehead atoms. The Hall–Kier alpha value is -2.56. The fraction of sp³-hybridized carbons (Fsp3) is 0.368. The standard InChI is InChI=1S/C19H21NO4/c1-11-10-24-15-9-19(2,3)8-14(16(11)15)20-17(21)12-6-4-5-7-13(12)18(22)23/h4-7,10,14H,8-9H2,1-3H3,(H,20,21)(H,22,23). The zero-order chi connectivity index (χ0) is 17.5. The lowest BCUT2D eigenvalue weighted by Crippen LogP contribution is -2.36. The van der Waals surface area contributed by atoms with Gasteiger partial charge in [0.15, 0.2) is 0 Å². The lowest BCUT2D eigenvalue weighted by molar-refractivity contribution is 0.0689. The number of carboxylic acid groups (broad SMARTS) is 1. The Morgan fingerprint density at radius 1 is 1.25 bits per heavy atom. The Kier molecular flexibility index (Phi) is 3.95. The van der Waals surface area contributed by atoms with Crippen LogP contribution in [0.4, 0.5) is 0 Å². The van der Waals surface area contributed by atoms with Crippen LogP contribution in [0.5, 0.6) is 0 Å². The lowest BCUT2D eigenvalue weighted by Gasteiger charge is -2.35. The second-order valence-electron chi connectivity index (χ2n) is 7.18. The van der Waals surface area contributed by atoms with Gasteiger partial charge in [0.25, 0.3) is 5.91 Å². The van der Waals surface area contributed by atoms with Crippen LogP contribution < -0.4 is 5.32 Å². The van der Waals surface area contributed by atoms with Crippen LogP contribution in [-0.2, 0) is 6.42 Å². The number of carbonyl (C=O) groups excluding carboxylic acids is 1. The summed E-state index contributed by atoms with van der Waals surface area (Å²) < 4.78 is 5.66. The third-order valence-corrected chi connectivity index (χ3v) is 4.55. The second-order valence-corrected chi connectivity index (χ2v) is 7.18. The molecule has 0 saturated heterocycles. The number of carboxylic acids is 1. The van der Waals surface area contributed by atoms with Gasteiger partial charge in [0.2, 0.25) is 0 Å². The maximum absolute atomic E-state index is 12.7. The summed E-state index contributed by atoms with van der Waals surface area (Å²) in [6, 6.07) is 6.08. The summed E-state index contributed by atoms with van der Waals surface area (Å²) in [4.78, 5) is 24.0. The van der Waals surface area contributed by atoms with Crippen LogP contribution in [0.2, 0.25) is 0 Å². The Labute approximate surface area is 140 Å². The van der Waals surface area contributed by atoms with E-state index in [1.54, 1.807) is 18.4 Å². The fourth-order valence-corrected chi connectivity index (χ4v) is 3.50. The molecule has 1 unspecified atom stereocenters. The van der Waals surface area contributed by atoms with E-state index in [0.717, 1.165) is 29.7 Å². The first-order valence-corrected chi connectivity index (χ1v) is 7.98. The quantitative estimate of drug-likeness (QED) is 0.900. The van der Waals surface area contributed by atoms with Crippen molar-refractivity contribution in [2.24, 2.45) is 5.41 Å². The predicted octanol–water partition coefficient (Wildman–Crippen LogP) is 3.73. The number of carbonyl (C=O) groups is 2. The van der Waals surface area contributed by atoms with Crippen molar-refractivity contribution < 1.29 is 19.1 Å². The van der Waals surface area contributed by atoms with Crippen molar-refractivity contribution in [2.45, 2.75) is 39.7 Å². The number of aromatic carboxylic acids is 1. The largest absolute Gasteiger partial charge is 0.478 e. The van der Waals surface area contributed by atoms with Crippen LogP contribution in [0.3, 0.4) is 0 Å². The molecule has 2 N–H and O–H groups in total. The molecule has 0 radical (unpaired) electrons. The highest BCUT2D eigenvalue weighted by molar-refractivity contribution is 6.04. The van der Waals surface area contributed by atoms with Gasteiger partial charge in [0, 0.05) is 12.0 Å². The monoisotopic (exact) mass is 327 g/mol. The molecule has 3 rings (SSSR count). The maximum atomic E-state index is 12.7. The van der Waals surface area contributed by atoms with Gasteiger partial charge in [-0.25, -0.2) is 4.79 Å². The van der Waals surface area contributed by atoms with Gasteiger partial charge in [0.05, 0.1) is 23.4 Å². The van der Waals surface area contributed by atoms with Gasteiger partial charge in [-0.1, -0.05) is 26.0 Å². The molecule has 1 aromatic carbocycles. The number of furan rings is 1. The number of benzene rings is 1. The highest BCUT2D eigenvalue weighted by atomic mass is 16.4. The van der Waals surface area contributed by atoms with Crippen molar-refractivity contribution in [1.82, 2.24) is 5.32 Å². The van der Waals surface area contributed by atoms with Gasteiger partial charge in [0.1, 0.15) is 5.76 Å². The Bertz CT molecular complexity index is 803. The Morgan fingerprint density at radius 2 is 1.92 bits per heavy atom. The number of fused-ring (bicyclic) bond motifs is 1. The van der Waals surface area contributed by atoms with Gasteiger partial charge in [-0.2, -0.15) is 0 Å². The summed E-state index contributed by atoms with van der Waals surface area (Å²) in [6.07, 6.45) is 3.33. The third-order valence-electron chi connectivity index (χ3n) is 4.55. The van der Waals surface area contributed by atoms with Crippen LogP contribution in [0.1, 0.15) is 63.9 Å². The van der Waals surface area contributed by atoms with Crippen LogP contribution in [0, 0.1) is 12.3 Å². The SMILES string of the molecule is Cc1coc2c1C(NC(=O)c1ccccc1C(=O)O)CC(C)(C)C2. The summed E-state index contributed by atoms with van der Waals surface area (Å²) >= 11 is 0. The number of aryl methyl sites for hydroxylation is 1. The van der Waals surface area contributed by atoms with Gasteiger partial charge in [-0.3, -0.25) is 4.79 Å². The topological polar surface area (TPSA) is 79.5 Å². The van der Waals surface area contributed by atoms with Crippen molar-refractivity contribution in [3.05, 3.63) is 58.5 Å². The van der Waals surface area contributed by atoms with Crippen molar-refractivity contribution in [3.63, 3.8) is 0 Å². The van der Waals surface area contributed by atoms with E-state index in [2.05, 4.69) is 19.2 Å². The normalized spacial score (nSPS) is 18.7. The minimum absolute atomic E-state index is 0.00154. The number of rotatable bonds is 3. The molecule has 1 aliphatic carbocycles. The predicted molar refractivity (Wildman–Crippen MR) is 89.2 cm³/mol. The van der Waals surface area contributed by atoms with E-state index in [1.807, 2.05) is 6.92 Å². The highest BCUT2D eigenvalue weighted by Gasteiger charge is 2.36. The Morgan fingerprint density at radius 3 is 2.58 bits per heavy atom. The molecule has 1 heterocycles. The van der Waals surface area contributed by atoms with E-state index in [0.29, 0.717) is 0 Å². The first-order chi connectivity index (χ1) is 11.3. The first-order valence-electron chi connectivity index (χ1n) is 7.98. The zero-order valence-corrected chi connectivity index (χ0v) is 14.1. The van der Waals surface area contributed by atoms with Crippen LogP contribution in [0.15, 0.2) is 34.9 Å². The van der Waals surface area contributed by atoms with Crippen molar-refractivity contribution in [3.8, 4) is 0 Å². The molecule has 0 fully saturated rings. The molecule has 126 valence electrons. The third kappa shape index (κ3) is 2.94. The number of hydrogen-bond donors (Lipinski definition) is 2. The van der Waals surface area contributed by atoms with Crippen molar-refractivity contribution in [2.75, 3.05) is 0 Å². The summed E-state index contributed by atoms with van der Waals surface area (Å²) in [6.45, 7) is 6.24. The van der Waals surface area contributed by atoms with Crippen molar-refractivity contribution in [1.29, 1.82) is 0 Å². The smallest absolute Gasteiger partial charge is 0.336 e. The molecule has 1 aromatic heterocycles. The molecule has 1 aliphatic rings. The summed E-state index contributed by atoms with van der Waals surface area (Å²) in [7, 11) is 0. The van der Waals surface area contributed by atoms with Crippen LogP contribution in [0.25, 0.3) is 0 Å². The summed E-state index contributed by atoms with van der Waals surface area (Å²) in [5, 5.41) is 12.3. The van der Waals surface area contributed by atoms with Gasteiger partial charge in [-0.15, -0.1) is 0 Å². The lowest BCUT2D eigenvalue weighted by atomic mass is 9.74. The van der Waals surface area contributed by atoms with Gasteiger partial charge < -0.3 is 14.8 Å². The van der Waals surface area contributed by atoms with E-state index in [4.69, 9.17) is 4.42 Å². The van der Waals surface area contributed by atoms with Gasteiger partial charge in [-0.05, 0) is 36.5 Å². The number of hydrogen-bond acceptors (Lipinski definition) is 3. The molecule has 0 spiro atoms. The molecular formula is C19H21NO4. The molecule has 5 nitrogen and oxygen atoms in total. The average molecular weight is 327 g/mol. The summed E-state index contributed by atoms with van der Waals surface area (Å²) in [5.41, 5.74) is 2.22. The highest BCUT2D eigenvalue weighted by Crippen LogP contribution is 2.42. The van der Waals surface area contributed by atoms with E-state index >= 15 is 0 Å². The summed E-state index contributed by atoms with van der Waals surface area (Å²) in [5.74, 6) is -0.576. The average Bonchev–Trinajstić information content (AvgIpc) is 2.86. The Balaban J connectivity index is 1.92. The van der Waals surface area contributed by atoms with E-state index in [1.165, 1.54) is 12.1 Å². The molecular weight excluding hydrogens is 306 g/mol. The number of nitrogens with one attached hydrogen (secondary N) is 1. The van der Waals surface area contributed by atoms with E-state index in [-0.39, 0.29) is 28.5 Å². The molecule has 1 atom stereocenters. The zero-order valence-electron chi connectivity index (χ0n) is 14.1. The fourth-order valence-electron chi connectivity index (χ4n) is 3.50. The van der Waals surface area contributed by atoms with E-state index < -0.39 is 5.97 Å². The maximum Gasteiger partial charge on any atom is 0.336 e. The van der Waals surface area contributed by atoms with Crippen LogP contribution >= 0.6 is 0 Å². The molecule has 0 saturated carbocycles. The molecule has 0 aliphatic heterocycles. The minimum Gasteiger partial charge on any atom is -0.478 e.